The highest BCUT2D eigenvalue weighted by molar-refractivity contribution is 5.92. The predicted octanol–water partition coefficient (Wildman–Crippen LogP) is 1.44. The summed E-state index contributed by atoms with van der Waals surface area (Å²) in [5.41, 5.74) is 3.79. The molecule has 1 atom stereocenters. The van der Waals surface area contributed by atoms with E-state index < -0.39 is 0 Å². The van der Waals surface area contributed by atoms with E-state index in [2.05, 4.69) is 37.7 Å². The molecule has 0 saturated carbocycles. The molecule has 4 heterocycles. The van der Waals surface area contributed by atoms with Crippen molar-refractivity contribution in [3.05, 3.63) is 17.6 Å². The van der Waals surface area contributed by atoms with Gasteiger partial charge in [-0.2, -0.15) is 5.26 Å². The Hall–Kier alpha value is -2.13. The number of aromatic nitrogens is 3. The first-order valence-corrected chi connectivity index (χ1v) is 8.04. The highest BCUT2D eigenvalue weighted by atomic mass is 15.3. The molecule has 0 aromatic carbocycles. The number of rotatable bonds is 1. The number of nitrogens with zero attached hydrogens (tertiary/aromatic N) is 5. The van der Waals surface area contributed by atoms with Gasteiger partial charge in [0.15, 0.2) is 5.82 Å². The van der Waals surface area contributed by atoms with E-state index in [9.17, 15) is 5.26 Å². The van der Waals surface area contributed by atoms with Crippen molar-refractivity contribution in [1.29, 1.82) is 5.26 Å². The van der Waals surface area contributed by atoms with Gasteiger partial charge < -0.3 is 14.8 Å². The van der Waals surface area contributed by atoms with Gasteiger partial charge in [0.1, 0.15) is 23.4 Å². The molecule has 6 nitrogen and oxygen atoms in total. The lowest BCUT2D eigenvalue weighted by Gasteiger charge is -2.33. The lowest BCUT2D eigenvalue weighted by Crippen LogP contribution is -2.49. The summed E-state index contributed by atoms with van der Waals surface area (Å²) in [6.07, 6.45) is 4.89. The zero-order chi connectivity index (χ0) is 15.1. The zero-order valence-corrected chi connectivity index (χ0v) is 12.8. The van der Waals surface area contributed by atoms with Crippen molar-refractivity contribution in [3.63, 3.8) is 0 Å². The fourth-order valence-electron chi connectivity index (χ4n) is 3.75. The van der Waals surface area contributed by atoms with Crippen LogP contribution in [0.1, 0.15) is 31.0 Å². The third kappa shape index (κ3) is 1.97. The van der Waals surface area contributed by atoms with Crippen molar-refractivity contribution in [2.75, 3.05) is 24.5 Å². The lowest BCUT2D eigenvalue weighted by molar-refractivity contribution is 0.481. The minimum absolute atomic E-state index is 0.449. The standard InChI is InChI=1S/C16H20N6/c1-11-9-21(7-5-18-11)16-15-14(19-10-20-16)12(8-17)13-4-2-3-6-22(13)15/h10-11,18H,2-7,9H2,1H3/t11-/m1/s1. The first kappa shape index (κ1) is 13.5. The topological polar surface area (TPSA) is 69.8 Å². The number of anilines is 1. The van der Waals surface area contributed by atoms with Gasteiger partial charge in [0.2, 0.25) is 0 Å². The molecular formula is C16H20N6. The van der Waals surface area contributed by atoms with Crippen molar-refractivity contribution in [2.24, 2.45) is 0 Å². The van der Waals surface area contributed by atoms with Gasteiger partial charge in [0.25, 0.3) is 0 Å². The summed E-state index contributed by atoms with van der Waals surface area (Å²) in [4.78, 5) is 11.3. The molecule has 1 fully saturated rings. The van der Waals surface area contributed by atoms with E-state index in [0.717, 1.165) is 73.6 Å². The maximum absolute atomic E-state index is 9.58. The lowest BCUT2D eigenvalue weighted by atomic mass is 10.1. The summed E-state index contributed by atoms with van der Waals surface area (Å²) in [7, 11) is 0. The van der Waals surface area contributed by atoms with E-state index in [-0.39, 0.29) is 0 Å². The van der Waals surface area contributed by atoms with Crippen LogP contribution < -0.4 is 10.2 Å². The van der Waals surface area contributed by atoms with Gasteiger partial charge in [-0.15, -0.1) is 0 Å². The van der Waals surface area contributed by atoms with Crippen molar-refractivity contribution < 1.29 is 0 Å². The van der Waals surface area contributed by atoms with Crippen LogP contribution in [-0.2, 0) is 13.0 Å². The minimum atomic E-state index is 0.449. The van der Waals surface area contributed by atoms with E-state index in [4.69, 9.17) is 0 Å². The monoisotopic (exact) mass is 296 g/mol. The zero-order valence-electron chi connectivity index (χ0n) is 12.8. The summed E-state index contributed by atoms with van der Waals surface area (Å²) < 4.78 is 2.29. The second-order valence-corrected chi connectivity index (χ2v) is 6.24. The average molecular weight is 296 g/mol. The Bertz CT molecular complexity index is 756. The molecule has 4 rings (SSSR count). The molecule has 22 heavy (non-hydrogen) atoms. The molecule has 0 radical (unpaired) electrons. The van der Waals surface area contributed by atoms with Crippen LogP contribution in [0.4, 0.5) is 5.82 Å². The van der Waals surface area contributed by atoms with Gasteiger partial charge in [0.05, 0.1) is 5.56 Å². The number of fused-ring (bicyclic) bond motifs is 3. The number of hydrogen-bond donors (Lipinski definition) is 1. The Kier molecular flexibility index (Phi) is 3.23. The van der Waals surface area contributed by atoms with Crippen LogP contribution in [0.15, 0.2) is 6.33 Å². The Labute approximate surface area is 129 Å². The molecule has 0 amide bonds. The molecule has 2 aliphatic rings. The molecule has 1 saturated heterocycles. The Balaban J connectivity index is 1.93. The third-order valence-electron chi connectivity index (χ3n) is 4.75. The van der Waals surface area contributed by atoms with Crippen LogP contribution >= 0.6 is 0 Å². The molecular weight excluding hydrogens is 276 g/mol. The maximum Gasteiger partial charge on any atom is 0.156 e. The summed E-state index contributed by atoms with van der Waals surface area (Å²) in [6.45, 7) is 6.01. The van der Waals surface area contributed by atoms with Crippen molar-refractivity contribution in [2.45, 2.75) is 38.8 Å². The van der Waals surface area contributed by atoms with Crippen LogP contribution in [0.2, 0.25) is 0 Å². The molecule has 6 heteroatoms. The van der Waals surface area contributed by atoms with Gasteiger partial charge in [-0.25, -0.2) is 9.97 Å². The average Bonchev–Trinajstić information content (AvgIpc) is 2.88. The van der Waals surface area contributed by atoms with Gasteiger partial charge in [-0.05, 0) is 26.2 Å². The number of hydrogen-bond acceptors (Lipinski definition) is 5. The van der Waals surface area contributed by atoms with Gasteiger partial charge in [-0.3, -0.25) is 0 Å². The van der Waals surface area contributed by atoms with E-state index in [0.29, 0.717) is 6.04 Å². The summed E-state index contributed by atoms with van der Waals surface area (Å²) in [5, 5.41) is 13.0. The highest BCUT2D eigenvalue weighted by Gasteiger charge is 2.26. The van der Waals surface area contributed by atoms with Crippen molar-refractivity contribution >= 4 is 16.9 Å². The summed E-state index contributed by atoms with van der Waals surface area (Å²) in [5.74, 6) is 0.989. The van der Waals surface area contributed by atoms with Gasteiger partial charge in [0, 0.05) is 37.9 Å². The SMILES string of the molecule is C[C@@H]1CN(c2ncnc3c(C#N)c4n(c23)CCCC4)CCN1. The second kappa shape index (κ2) is 5.25. The van der Waals surface area contributed by atoms with E-state index >= 15 is 0 Å². The second-order valence-electron chi connectivity index (χ2n) is 6.24. The number of nitriles is 1. The Morgan fingerprint density at radius 2 is 2.23 bits per heavy atom. The molecule has 2 aliphatic heterocycles. The number of nitrogens with one attached hydrogen (secondary N) is 1. The maximum atomic E-state index is 9.58. The number of aryl methyl sites for hydroxylation is 1. The van der Waals surface area contributed by atoms with Gasteiger partial charge >= 0.3 is 0 Å². The first-order valence-electron chi connectivity index (χ1n) is 8.04. The normalized spacial score (nSPS) is 21.6. The van der Waals surface area contributed by atoms with Gasteiger partial charge in [-0.1, -0.05) is 0 Å². The first-order chi connectivity index (χ1) is 10.8. The van der Waals surface area contributed by atoms with Crippen molar-refractivity contribution in [1.82, 2.24) is 19.9 Å². The number of piperazine rings is 1. The van der Waals surface area contributed by atoms with Crippen LogP contribution in [0.3, 0.4) is 0 Å². The molecule has 0 aliphatic carbocycles. The Morgan fingerprint density at radius 1 is 1.32 bits per heavy atom. The van der Waals surface area contributed by atoms with E-state index in [1.54, 1.807) is 6.33 Å². The molecule has 1 N–H and O–H groups in total. The smallest absolute Gasteiger partial charge is 0.156 e. The van der Waals surface area contributed by atoms with E-state index in [1.807, 2.05) is 0 Å². The minimum Gasteiger partial charge on any atom is -0.352 e. The summed E-state index contributed by atoms with van der Waals surface area (Å²) in [6, 6.07) is 2.82. The molecule has 2 aromatic heterocycles. The molecule has 0 unspecified atom stereocenters. The fourth-order valence-corrected chi connectivity index (χ4v) is 3.75. The molecule has 0 bridgehead atoms. The molecule has 0 spiro atoms. The molecule has 114 valence electrons. The highest BCUT2D eigenvalue weighted by Crippen LogP contribution is 2.33. The van der Waals surface area contributed by atoms with E-state index in [1.165, 1.54) is 0 Å². The molecule has 2 aromatic rings. The summed E-state index contributed by atoms with van der Waals surface area (Å²) >= 11 is 0. The van der Waals surface area contributed by atoms with Crippen LogP contribution in [-0.4, -0.2) is 40.2 Å². The van der Waals surface area contributed by atoms with Crippen LogP contribution in [0.25, 0.3) is 11.0 Å². The third-order valence-corrected chi connectivity index (χ3v) is 4.75. The van der Waals surface area contributed by atoms with Crippen molar-refractivity contribution in [3.8, 4) is 6.07 Å². The Morgan fingerprint density at radius 3 is 3.05 bits per heavy atom. The predicted molar refractivity (Wildman–Crippen MR) is 84.9 cm³/mol. The fraction of sp³-hybridized carbons (Fsp3) is 0.562. The largest absolute Gasteiger partial charge is 0.352 e. The van der Waals surface area contributed by atoms with Crippen LogP contribution in [0.5, 0.6) is 0 Å². The quantitative estimate of drug-likeness (QED) is 0.862. The van der Waals surface area contributed by atoms with Crippen LogP contribution in [0, 0.1) is 11.3 Å².